The number of azo groups is 1. The monoisotopic (exact) mass is 591 g/mol. The Morgan fingerprint density at radius 3 is 2.05 bits per heavy atom. The zero-order chi connectivity index (χ0) is 26.3. The molecule has 3 aromatic carbocycles. The van der Waals surface area contributed by atoms with Gasteiger partial charge in [-0.2, -0.15) is 42.0 Å². The molecule has 0 fully saturated rings. The van der Waals surface area contributed by atoms with Crippen LogP contribution in [0.2, 0.25) is 10.6 Å². The van der Waals surface area contributed by atoms with Crippen LogP contribution >= 0.6 is 23.2 Å². The van der Waals surface area contributed by atoms with Gasteiger partial charge in [0.1, 0.15) is 9.79 Å². The smallest absolute Gasteiger partial charge is 0.324 e. The van der Waals surface area contributed by atoms with E-state index in [1.807, 2.05) is 0 Å². The van der Waals surface area contributed by atoms with Crippen molar-refractivity contribution in [2.75, 3.05) is 5.32 Å². The van der Waals surface area contributed by atoms with E-state index in [2.05, 4.69) is 30.5 Å². The zero-order valence-electron chi connectivity index (χ0n) is 19.0. The number of fused-ring (bicyclic) bond motifs is 1. The van der Waals surface area contributed by atoms with Crippen LogP contribution in [0.15, 0.2) is 68.6 Å². The molecule has 0 aliphatic carbocycles. The van der Waals surface area contributed by atoms with Gasteiger partial charge in [-0.1, -0.05) is 12.1 Å². The summed E-state index contributed by atoms with van der Waals surface area (Å²) in [7, 11) is -9.47. The Morgan fingerprint density at radius 1 is 0.811 bits per heavy atom. The maximum atomic E-state index is 12.0. The maximum absolute atomic E-state index is 12.0. The van der Waals surface area contributed by atoms with Crippen molar-refractivity contribution in [1.29, 1.82) is 0 Å². The summed E-state index contributed by atoms with van der Waals surface area (Å²) in [6.07, 6.45) is 0. The van der Waals surface area contributed by atoms with Crippen molar-refractivity contribution in [2.45, 2.75) is 16.7 Å². The molecule has 0 saturated heterocycles. The molecule has 0 amide bonds. The van der Waals surface area contributed by atoms with Gasteiger partial charge >= 0.3 is 29.6 Å². The molecule has 0 atom stereocenters. The van der Waals surface area contributed by atoms with E-state index in [-0.39, 0.29) is 62.5 Å². The molecule has 0 radical (unpaired) electrons. The molecule has 186 valence electrons. The molecule has 0 saturated carbocycles. The summed E-state index contributed by atoms with van der Waals surface area (Å²) >= 11 is 11.5. The first kappa shape index (κ1) is 29.3. The fourth-order valence-corrected chi connectivity index (χ4v) is 5.06. The minimum absolute atomic E-state index is 0. The van der Waals surface area contributed by atoms with Crippen molar-refractivity contribution >= 4 is 77.2 Å². The largest absolute Gasteiger partial charge is 1.00 e. The number of nitrogens with zero attached hydrogens (tertiary/aromatic N) is 5. The van der Waals surface area contributed by atoms with Crippen LogP contribution in [0, 0.1) is 6.92 Å². The number of hydrogen-bond donors (Lipinski definition) is 3. The number of anilines is 2. The third kappa shape index (κ3) is 6.98. The van der Waals surface area contributed by atoms with Gasteiger partial charge in [0.25, 0.3) is 20.2 Å². The molecule has 1 heterocycles. The van der Waals surface area contributed by atoms with Gasteiger partial charge in [0, 0.05) is 16.5 Å². The summed E-state index contributed by atoms with van der Waals surface area (Å²) in [5, 5.41) is 10.6. The van der Waals surface area contributed by atoms with Crippen LogP contribution < -0.4 is 34.9 Å². The third-order valence-electron chi connectivity index (χ3n) is 4.77. The molecule has 1 aromatic heterocycles. The molecular weight excluding hydrogens is 578 g/mol. The molecule has 37 heavy (non-hydrogen) atoms. The van der Waals surface area contributed by atoms with Crippen LogP contribution in [0.25, 0.3) is 10.8 Å². The molecule has 0 unspecified atom stereocenters. The predicted molar refractivity (Wildman–Crippen MR) is 132 cm³/mol. The Labute approximate surface area is 243 Å². The van der Waals surface area contributed by atoms with E-state index in [0.29, 0.717) is 16.9 Å². The molecule has 12 nitrogen and oxygen atoms in total. The standard InChI is InChI=1S/C20H14Cl2N6O6S2.Na/c1-10-7-11(23-20-25-18(21)24-19(22)26-20)5-6-15(10)28-27-12-8-14-13(17(9-12)36(32,33)34)3-2-4-16(14)35(29,30)31;/h2-9H,1H3,(H,29,30,31)(H,32,33,34)(H,23,24,25,26);/q;+1. The zero-order valence-corrected chi connectivity index (χ0v) is 24.1. The van der Waals surface area contributed by atoms with Gasteiger partial charge < -0.3 is 5.32 Å². The van der Waals surface area contributed by atoms with Gasteiger partial charge in [-0.15, -0.1) is 0 Å². The second kappa shape index (κ2) is 11.2. The first-order chi connectivity index (χ1) is 16.8. The molecule has 0 aliphatic heterocycles. The summed E-state index contributed by atoms with van der Waals surface area (Å²) in [4.78, 5) is 10.3. The van der Waals surface area contributed by atoms with Crippen molar-refractivity contribution in [1.82, 2.24) is 15.0 Å². The second-order valence-corrected chi connectivity index (χ2v) is 10.7. The second-order valence-electron chi connectivity index (χ2n) is 7.27. The molecule has 4 rings (SSSR count). The van der Waals surface area contributed by atoms with Crippen LogP contribution in [0.1, 0.15) is 5.56 Å². The van der Waals surface area contributed by atoms with E-state index < -0.39 is 30.0 Å². The third-order valence-corrected chi connectivity index (χ3v) is 6.91. The van der Waals surface area contributed by atoms with Gasteiger partial charge in [-0.25, -0.2) is 0 Å². The van der Waals surface area contributed by atoms with Gasteiger partial charge in [0.15, 0.2) is 0 Å². The van der Waals surface area contributed by atoms with Crippen molar-refractivity contribution in [3.8, 4) is 0 Å². The van der Waals surface area contributed by atoms with Gasteiger partial charge in [0.05, 0.1) is 11.4 Å². The van der Waals surface area contributed by atoms with Crippen LogP contribution in [0.5, 0.6) is 0 Å². The normalized spacial score (nSPS) is 12.0. The first-order valence-electron chi connectivity index (χ1n) is 9.69. The number of aryl methyl sites for hydroxylation is 1. The van der Waals surface area contributed by atoms with Gasteiger partial charge in [-0.05, 0) is 72.1 Å². The number of nitrogens with one attached hydrogen (secondary N) is 1. The van der Waals surface area contributed by atoms with E-state index in [9.17, 15) is 25.9 Å². The van der Waals surface area contributed by atoms with E-state index in [0.717, 1.165) is 12.1 Å². The van der Waals surface area contributed by atoms with E-state index in [1.165, 1.54) is 18.2 Å². The molecule has 4 aromatic rings. The quantitative estimate of drug-likeness (QED) is 0.171. The van der Waals surface area contributed by atoms with Crippen LogP contribution in [0.3, 0.4) is 0 Å². The SMILES string of the molecule is Cc1cc(Nc2nc(Cl)nc(Cl)n2)ccc1N=Nc1cc(S(=O)(=O)O)c2cccc(S(=O)(=O)O)c2c1.[Na+]. The van der Waals surface area contributed by atoms with Crippen molar-refractivity contribution in [2.24, 2.45) is 10.2 Å². The summed E-state index contributed by atoms with van der Waals surface area (Å²) in [5.41, 5.74) is 1.53. The van der Waals surface area contributed by atoms with Crippen LogP contribution in [-0.2, 0) is 20.2 Å². The average molecular weight is 592 g/mol. The average Bonchev–Trinajstić information content (AvgIpc) is 2.75. The van der Waals surface area contributed by atoms with Crippen molar-refractivity contribution in [3.05, 3.63) is 64.7 Å². The molecule has 0 spiro atoms. The topological polar surface area (TPSA) is 184 Å². The summed E-state index contributed by atoms with van der Waals surface area (Å²) in [6.45, 7) is 1.73. The van der Waals surface area contributed by atoms with Crippen molar-refractivity contribution < 1.29 is 55.5 Å². The Kier molecular flexibility index (Phi) is 8.89. The van der Waals surface area contributed by atoms with Crippen LogP contribution in [0.4, 0.5) is 23.0 Å². The Hall–Kier alpha value is -2.27. The summed E-state index contributed by atoms with van der Waals surface area (Å²) < 4.78 is 66.7. The van der Waals surface area contributed by atoms with Gasteiger partial charge in [-0.3, -0.25) is 9.11 Å². The number of aromatic nitrogens is 3. The molecule has 3 N–H and O–H groups in total. The van der Waals surface area contributed by atoms with E-state index in [4.69, 9.17) is 23.2 Å². The van der Waals surface area contributed by atoms with Gasteiger partial charge in [0.2, 0.25) is 16.5 Å². The predicted octanol–water partition coefficient (Wildman–Crippen LogP) is 2.30. The molecular formula is C20H14Cl2N6NaO6S2+. The summed E-state index contributed by atoms with van der Waals surface area (Å²) in [5.74, 6) is 0.123. The van der Waals surface area contributed by atoms with Crippen molar-refractivity contribution in [3.63, 3.8) is 0 Å². The summed E-state index contributed by atoms with van der Waals surface area (Å²) in [6, 6.07) is 10.8. The fraction of sp³-hybridized carbons (Fsp3) is 0.0500. The first-order valence-corrected chi connectivity index (χ1v) is 13.3. The Morgan fingerprint density at radius 2 is 1.46 bits per heavy atom. The molecule has 17 heteroatoms. The Balaban J connectivity index is 0.00000380. The minimum atomic E-state index is -4.77. The molecule has 0 bridgehead atoms. The number of hydrogen-bond acceptors (Lipinski definition) is 10. The Bertz CT molecular complexity index is 1750. The number of benzene rings is 3. The number of halogens is 2. The minimum Gasteiger partial charge on any atom is -0.324 e. The number of rotatable bonds is 6. The van der Waals surface area contributed by atoms with E-state index in [1.54, 1.807) is 25.1 Å². The fourth-order valence-electron chi connectivity index (χ4n) is 3.27. The molecule has 0 aliphatic rings. The van der Waals surface area contributed by atoms with E-state index >= 15 is 0 Å². The van der Waals surface area contributed by atoms with Crippen LogP contribution in [-0.4, -0.2) is 40.9 Å². The maximum Gasteiger partial charge on any atom is 1.00 e.